The number of carbonyl (C=O) groups is 2. The van der Waals surface area contributed by atoms with Crippen LogP contribution in [0, 0.1) is 12.7 Å². The molecule has 6 nitrogen and oxygen atoms in total. The number of amides is 2. The number of halogens is 1. The van der Waals surface area contributed by atoms with Crippen LogP contribution in [-0.2, 0) is 4.79 Å². The fraction of sp³-hybridized carbons (Fsp3) is 0.118. The van der Waals surface area contributed by atoms with Gasteiger partial charge in [-0.15, -0.1) is 11.3 Å². The van der Waals surface area contributed by atoms with Gasteiger partial charge < -0.3 is 15.1 Å². The highest BCUT2D eigenvalue weighted by Gasteiger charge is 2.14. The molecule has 3 aromatic rings. The Morgan fingerprint density at radius 3 is 2.76 bits per heavy atom. The Morgan fingerprint density at radius 2 is 2.04 bits per heavy atom. The molecule has 25 heavy (non-hydrogen) atoms. The smallest absolute Gasteiger partial charge is 0.254 e. The number of benzene rings is 1. The molecule has 2 heterocycles. The third-order valence-corrected chi connectivity index (χ3v) is 4.03. The van der Waals surface area contributed by atoms with Crippen LogP contribution in [-0.4, -0.2) is 23.3 Å². The van der Waals surface area contributed by atoms with E-state index in [4.69, 9.17) is 4.42 Å². The molecular weight excluding hydrogens is 345 g/mol. The highest BCUT2D eigenvalue weighted by Crippen LogP contribution is 2.26. The maximum atomic E-state index is 13.5. The number of hydrogen-bond acceptors (Lipinski definition) is 5. The molecule has 0 aliphatic rings. The maximum Gasteiger partial charge on any atom is 0.254 e. The van der Waals surface area contributed by atoms with E-state index in [1.807, 2.05) is 13.0 Å². The molecular formula is C17H14FN3O3S. The third kappa shape index (κ3) is 4.10. The molecule has 0 unspecified atom stereocenters. The monoisotopic (exact) mass is 359 g/mol. The molecule has 8 heteroatoms. The Bertz CT molecular complexity index is 919. The van der Waals surface area contributed by atoms with Crippen LogP contribution in [0.25, 0.3) is 11.5 Å². The lowest BCUT2D eigenvalue weighted by Gasteiger charge is -2.05. The van der Waals surface area contributed by atoms with Crippen molar-refractivity contribution in [2.45, 2.75) is 6.92 Å². The van der Waals surface area contributed by atoms with Gasteiger partial charge in [-0.1, -0.05) is 12.1 Å². The summed E-state index contributed by atoms with van der Waals surface area (Å²) < 4.78 is 19.0. The van der Waals surface area contributed by atoms with Crippen molar-refractivity contribution in [1.29, 1.82) is 0 Å². The number of nitrogens with one attached hydrogen (secondary N) is 2. The van der Waals surface area contributed by atoms with Gasteiger partial charge in [-0.2, -0.15) is 0 Å². The summed E-state index contributed by atoms with van der Waals surface area (Å²) in [5, 5.41) is 7.09. The van der Waals surface area contributed by atoms with Crippen molar-refractivity contribution in [3.8, 4) is 11.5 Å². The van der Waals surface area contributed by atoms with E-state index in [0.29, 0.717) is 16.6 Å². The second kappa shape index (κ2) is 7.27. The second-order valence-electron chi connectivity index (χ2n) is 5.16. The van der Waals surface area contributed by atoms with E-state index < -0.39 is 17.6 Å². The normalized spacial score (nSPS) is 10.5. The topological polar surface area (TPSA) is 84.2 Å². The summed E-state index contributed by atoms with van der Waals surface area (Å²) >= 11 is 1.24. The number of carbonyl (C=O) groups excluding carboxylic acids is 2. The van der Waals surface area contributed by atoms with Crippen LogP contribution < -0.4 is 10.6 Å². The fourth-order valence-corrected chi connectivity index (χ4v) is 2.80. The number of rotatable bonds is 5. The maximum absolute atomic E-state index is 13.5. The average molecular weight is 359 g/mol. The minimum absolute atomic E-state index is 0.111. The van der Waals surface area contributed by atoms with Crippen molar-refractivity contribution < 1.29 is 18.4 Å². The quantitative estimate of drug-likeness (QED) is 0.733. The Morgan fingerprint density at radius 1 is 1.24 bits per heavy atom. The van der Waals surface area contributed by atoms with Gasteiger partial charge in [0.2, 0.25) is 5.91 Å². The highest BCUT2D eigenvalue weighted by atomic mass is 32.1. The summed E-state index contributed by atoms with van der Waals surface area (Å²) in [5.74, 6) is -0.370. The minimum Gasteiger partial charge on any atom is -0.460 e. The summed E-state index contributed by atoms with van der Waals surface area (Å²) in [6, 6.07) is 9.18. The summed E-state index contributed by atoms with van der Waals surface area (Å²) in [4.78, 5) is 28.0. The molecule has 0 saturated carbocycles. The van der Waals surface area contributed by atoms with Crippen LogP contribution in [0.15, 0.2) is 46.2 Å². The van der Waals surface area contributed by atoms with Gasteiger partial charge in [0.25, 0.3) is 5.91 Å². The molecule has 0 fully saturated rings. The number of aryl methyl sites for hydroxylation is 1. The Labute approximate surface area is 146 Å². The lowest BCUT2D eigenvalue weighted by Crippen LogP contribution is -2.33. The third-order valence-electron chi connectivity index (χ3n) is 3.27. The van der Waals surface area contributed by atoms with Crippen LogP contribution in [0.4, 0.5) is 9.52 Å². The molecule has 0 atom stereocenters. The number of aromatic nitrogens is 1. The van der Waals surface area contributed by atoms with E-state index >= 15 is 0 Å². The van der Waals surface area contributed by atoms with Crippen LogP contribution in [0.3, 0.4) is 0 Å². The fourth-order valence-electron chi connectivity index (χ4n) is 2.08. The van der Waals surface area contributed by atoms with Crippen molar-refractivity contribution in [3.05, 3.63) is 58.9 Å². The van der Waals surface area contributed by atoms with Crippen molar-refractivity contribution >= 4 is 28.3 Å². The molecule has 2 N–H and O–H groups in total. The Balaban J connectivity index is 1.55. The van der Waals surface area contributed by atoms with E-state index in [1.54, 1.807) is 17.5 Å². The van der Waals surface area contributed by atoms with Crippen LogP contribution in [0.1, 0.15) is 16.1 Å². The van der Waals surface area contributed by atoms with Crippen molar-refractivity contribution in [2.75, 3.05) is 11.9 Å². The van der Waals surface area contributed by atoms with Crippen LogP contribution in [0.2, 0.25) is 0 Å². The molecule has 2 aromatic heterocycles. The largest absolute Gasteiger partial charge is 0.460 e. The first-order chi connectivity index (χ1) is 12.0. The van der Waals surface area contributed by atoms with Gasteiger partial charge in [0.05, 0.1) is 12.1 Å². The first-order valence-corrected chi connectivity index (χ1v) is 8.26. The first-order valence-electron chi connectivity index (χ1n) is 7.38. The number of thiazole rings is 1. The van der Waals surface area contributed by atoms with E-state index in [-0.39, 0.29) is 12.1 Å². The van der Waals surface area contributed by atoms with E-state index in [9.17, 15) is 14.0 Å². The highest BCUT2D eigenvalue weighted by molar-refractivity contribution is 7.14. The Kier molecular flexibility index (Phi) is 4.90. The van der Waals surface area contributed by atoms with Gasteiger partial charge in [0.15, 0.2) is 10.9 Å². The molecule has 0 spiro atoms. The van der Waals surface area contributed by atoms with E-state index in [0.717, 1.165) is 5.76 Å². The van der Waals surface area contributed by atoms with E-state index in [2.05, 4.69) is 15.6 Å². The van der Waals surface area contributed by atoms with Crippen LogP contribution >= 0.6 is 11.3 Å². The molecule has 0 aliphatic carbocycles. The zero-order valence-electron chi connectivity index (χ0n) is 13.2. The van der Waals surface area contributed by atoms with Gasteiger partial charge in [-0.3, -0.25) is 9.59 Å². The Hall–Kier alpha value is -3.00. The van der Waals surface area contributed by atoms with Gasteiger partial charge in [-0.05, 0) is 31.2 Å². The minimum atomic E-state index is -0.654. The summed E-state index contributed by atoms with van der Waals surface area (Å²) in [7, 11) is 0. The molecule has 0 radical (unpaired) electrons. The molecule has 2 amide bonds. The lowest BCUT2D eigenvalue weighted by molar-refractivity contribution is -0.115. The number of furan rings is 1. The average Bonchev–Trinajstić information content (AvgIpc) is 3.22. The van der Waals surface area contributed by atoms with Crippen molar-refractivity contribution in [3.63, 3.8) is 0 Å². The summed E-state index contributed by atoms with van der Waals surface area (Å²) in [5.41, 5.74) is 0.504. The first kappa shape index (κ1) is 16.8. The standard InChI is InChI=1S/C17H14FN3O3S/c1-10-6-7-14(24-10)13-9-25-17(20-13)21-15(22)8-19-16(23)11-4-2-3-5-12(11)18/h2-7,9H,8H2,1H3,(H,19,23)(H,20,21,22). The van der Waals surface area contributed by atoms with Gasteiger partial charge in [-0.25, -0.2) is 9.37 Å². The zero-order chi connectivity index (χ0) is 17.8. The van der Waals surface area contributed by atoms with Crippen molar-refractivity contribution in [2.24, 2.45) is 0 Å². The van der Waals surface area contributed by atoms with Gasteiger partial charge >= 0.3 is 0 Å². The zero-order valence-corrected chi connectivity index (χ0v) is 14.0. The summed E-state index contributed by atoms with van der Waals surface area (Å²) in [6.45, 7) is 1.54. The van der Waals surface area contributed by atoms with Crippen molar-refractivity contribution in [1.82, 2.24) is 10.3 Å². The molecule has 0 bridgehead atoms. The van der Waals surface area contributed by atoms with Crippen LogP contribution in [0.5, 0.6) is 0 Å². The summed E-state index contributed by atoms with van der Waals surface area (Å²) in [6.07, 6.45) is 0. The molecule has 0 saturated heterocycles. The molecule has 3 rings (SSSR count). The van der Waals surface area contributed by atoms with Gasteiger partial charge in [0, 0.05) is 5.38 Å². The predicted octanol–water partition coefficient (Wildman–Crippen LogP) is 3.22. The number of nitrogens with zero attached hydrogens (tertiary/aromatic N) is 1. The lowest BCUT2D eigenvalue weighted by atomic mass is 10.2. The number of anilines is 1. The number of hydrogen-bond donors (Lipinski definition) is 2. The second-order valence-corrected chi connectivity index (χ2v) is 6.02. The SMILES string of the molecule is Cc1ccc(-c2csc(NC(=O)CNC(=O)c3ccccc3F)n2)o1. The molecule has 0 aliphatic heterocycles. The van der Waals surface area contributed by atoms with Gasteiger partial charge in [0.1, 0.15) is 17.3 Å². The molecule has 1 aromatic carbocycles. The predicted molar refractivity (Wildman–Crippen MR) is 91.9 cm³/mol. The van der Waals surface area contributed by atoms with E-state index in [1.165, 1.54) is 29.5 Å². The molecule has 128 valence electrons.